The second kappa shape index (κ2) is 6.58. The second-order valence-corrected chi connectivity index (χ2v) is 5.74. The summed E-state index contributed by atoms with van der Waals surface area (Å²) in [5.74, 6) is -0.190. The normalized spacial score (nSPS) is 11.3. The predicted molar refractivity (Wildman–Crippen MR) is 74.7 cm³/mol. The van der Waals surface area contributed by atoms with Gasteiger partial charge in [0.2, 0.25) is 0 Å². The van der Waals surface area contributed by atoms with E-state index in [1.54, 1.807) is 0 Å². The quantitative estimate of drug-likeness (QED) is 0.584. The summed E-state index contributed by atoms with van der Waals surface area (Å²) < 4.78 is 4.90. The number of benzene rings is 1. The summed E-state index contributed by atoms with van der Waals surface area (Å²) in [6, 6.07) is 8.82. The first-order valence-electron chi connectivity index (χ1n) is 6.62. The topological polar surface area (TPSA) is 26.3 Å². The number of carbonyl (C=O) groups is 1. The molecule has 0 aromatic heterocycles. The third-order valence-electron chi connectivity index (χ3n) is 2.99. The SMILES string of the molecule is CC(=O)OCCCCc1ccc(C(C)(C)C)cc1. The molecule has 0 spiro atoms. The van der Waals surface area contributed by atoms with Crippen molar-refractivity contribution in [3.63, 3.8) is 0 Å². The number of esters is 1. The van der Waals surface area contributed by atoms with Gasteiger partial charge in [0, 0.05) is 6.92 Å². The van der Waals surface area contributed by atoms with Crippen LogP contribution in [0.3, 0.4) is 0 Å². The lowest BCUT2D eigenvalue weighted by molar-refractivity contribution is -0.141. The highest BCUT2D eigenvalue weighted by molar-refractivity contribution is 5.65. The Kier molecular flexibility index (Phi) is 5.39. The molecule has 0 saturated heterocycles. The van der Waals surface area contributed by atoms with Gasteiger partial charge in [-0.2, -0.15) is 0 Å². The van der Waals surface area contributed by atoms with Gasteiger partial charge in [-0.15, -0.1) is 0 Å². The number of aryl methyl sites for hydroxylation is 1. The van der Waals surface area contributed by atoms with Gasteiger partial charge in [-0.05, 0) is 35.8 Å². The van der Waals surface area contributed by atoms with E-state index in [1.165, 1.54) is 18.1 Å². The molecule has 1 rings (SSSR count). The van der Waals surface area contributed by atoms with Crippen LogP contribution in [0.1, 0.15) is 51.7 Å². The average Bonchev–Trinajstić information content (AvgIpc) is 2.27. The molecule has 0 N–H and O–H groups in total. The number of hydrogen-bond donors (Lipinski definition) is 0. The molecule has 2 nitrogen and oxygen atoms in total. The fourth-order valence-electron chi connectivity index (χ4n) is 1.82. The molecule has 0 aliphatic rings. The maximum absolute atomic E-state index is 10.6. The first kappa shape index (κ1) is 14.7. The van der Waals surface area contributed by atoms with Crippen LogP contribution >= 0.6 is 0 Å². The minimum absolute atomic E-state index is 0.190. The minimum atomic E-state index is -0.190. The van der Waals surface area contributed by atoms with Crippen molar-refractivity contribution in [1.82, 2.24) is 0 Å². The molecule has 0 radical (unpaired) electrons. The summed E-state index contributed by atoms with van der Waals surface area (Å²) in [6.07, 6.45) is 3.04. The summed E-state index contributed by atoms with van der Waals surface area (Å²) in [5, 5.41) is 0. The zero-order valence-corrected chi connectivity index (χ0v) is 12.0. The molecular formula is C16H24O2. The molecule has 1 aromatic carbocycles. The predicted octanol–water partition coefficient (Wildman–Crippen LogP) is 3.87. The fraction of sp³-hybridized carbons (Fsp3) is 0.562. The van der Waals surface area contributed by atoms with Gasteiger partial charge >= 0.3 is 5.97 Å². The Morgan fingerprint density at radius 1 is 1.11 bits per heavy atom. The molecule has 0 amide bonds. The molecular weight excluding hydrogens is 224 g/mol. The standard InChI is InChI=1S/C16H24O2/c1-13(17)18-12-6-5-7-14-8-10-15(11-9-14)16(2,3)4/h8-11H,5-7,12H2,1-4H3. The molecule has 0 atom stereocenters. The van der Waals surface area contributed by atoms with E-state index < -0.39 is 0 Å². The highest BCUT2D eigenvalue weighted by Gasteiger charge is 2.12. The van der Waals surface area contributed by atoms with Gasteiger partial charge in [0.1, 0.15) is 0 Å². The number of hydrogen-bond acceptors (Lipinski definition) is 2. The maximum atomic E-state index is 10.6. The Morgan fingerprint density at radius 2 is 1.72 bits per heavy atom. The van der Waals surface area contributed by atoms with Crippen LogP contribution in [0.2, 0.25) is 0 Å². The van der Waals surface area contributed by atoms with Gasteiger partial charge in [0.25, 0.3) is 0 Å². The second-order valence-electron chi connectivity index (χ2n) is 5.74. The number of rotatable bonds is 5. The van der Waals surface area contributed by atoms with Crippen LogP contribution in [0, 0.1) is 0 Å². The van der Waals surface area contributed by atoms with E-state index in [0.717, 1.165) is 19.3 Å². The van der Waals surface area contributed by atoms with Crippen molar-refractivity contribution >= 4 is 5.97 Å². The van der Waals surface area contributed by atoms with Crippen molar-refractivity contribution in [2.75, 3.05) is 6.61 Å². The molecule has 0 fully saturated rings. The van der Waals surface area contributed by atoms with Crippen molar-refractivity contribution in [3.8, 4) is 0 Å². The Morgan fingerprint density at radius 3 is 2.22 bits per heavy atom. The highest BCUT2D eigenvalue weighted by Crippen LogP contribution is 2.22. The molecule has 1 aromatic rings. The molecule has 100 valence electrons. The van der Waals surface area contributed by atoms with Crippen LogP contribution in [0.25, 0.3) is 0 Å². The molecule has 0 unspecified atom stereocenters. The van der Waals surface area contributed by atoms with E-state index in [2.05, 4.69) is 45.0 Å². The maximum Gasteiger partial charge on any atom is 0.302 e. The van der Waals surface area contributed by atoms with Crippen molar-refractivity contribution in [2.24, 2.45) is 0 Å². The molecule has 0 aliphatic heterocycles. The Labute approximate surface area is 110 Å². The summed E-state index contributed by atoms with van der Waals surface area (Å²) in [5.41, 5.74) is 2.94. The van der Waals surface area contributed by atoms with Crippen LogP contribution in [0.4, 0.5) is 0 Å². The number of ether oxygens (including phenoxy) is 1. The molecule has 0 heterocycles. The van der Waals surface area contributed by atoms with Crippen molar-refractivity contribution < 1.29 is 9.53 Å². The fourth-order valence-corrected chi connectivity index (χ4v) is 1.82. The van der Waals surface area contributed by atoms with Gasteiger partial charge < -0.3 is 4.74 Å². The van der Waals surface area contributed by atoms with Crippen LogP contribution < -0.4 is 0 Å². The lowest BCUT2D eigenvalue weighted by Gasteiger charge is -2.19. The lowest BCUT2D eigenvalue weighted by Crippen LogP contribution is -2.10. The zero-order valence-electron chi connectivity index (χ0n) is 12.0. The van der Waals surface area contributed by atoms with E-state index in [-0.39, 0.29) is 11.4 Å². The van der Waals surface area contributed by atoms with E-state index in [4.69, 9.17) is 4.74 Å². The van der Waals surface area contributed by atoms with E-state index in [1.807, 2.05) is 0 Å². The Balaban J connectivity index is 2.33. The third kappa shape index (κ3) is 5.35. The molecule has 0 saturated carbocycles. The average molecular weight is 248 g/mol. The first-order valence-corrected chi connectivity index (χ1v) is 6.62. The van der Waals surface area contributed by atoms with Gasteiger partial charge in [-0.3, -0.25) is 4.79 Å². The summed E-state index contributed by atoms with van der Waals surface area (Å²) in [7, 11) is 0. The zero-order chi connectivity index (χ0) is 13.6. The van der Waals surface area contributed by atoms with Crippen LogP contribution in [-0.2, 0) is 21.4 Å². The summed E-state index contributed by atoms with van der Waals surface area (Å²) in [4.78, 5) is 10.6. The first-order chi connectivity index (χ1) is 8.39. The number of carbonyl (C=O) groups excluding carboxylic acids is 1. The van der Waals surface area contributed by atoms with Crippen molar-refractivity contribution in [2.45, 2.75) is 52.4 Å². The summed E-state index contributed by atoms with van der Waals surface area (Å²) >= 11 is 0. The Hall–Kier alpha value is -1.31. The van der Waals surface area contributed by atoms with Crippen LogP contribution in [0.5, 0.6) is 0 Å². The van der Waals surface area contributed by atoms with Crippen LogP contribution in [-0.4, -0.2) is 12.6 Å². The van der Waals surface area contributed by atoms with Gasteiger partial charge in [0.05, 0.1) is 6.61 Å². The van der Waals surface area contributed by atoms with Crippen molar-refractivity contribution in [1.29, 1.82) is 0 Å². The summed E-state index contributed by atoms with van der Waals surface area (Å²) in [6.45, 7) is 8.66. The van der Waals surface area contributed by atoms with Gasteiger partial charge in [0.15, 0.2) is 0 Å². The monoisotopic (exact) mass is 248 g/mol. The van der Waals surface area contributed by atoms with Crippen molar-refractivity contribution in [3.05, 3.63) is 35.4 Å². The number of unbranched alkanes of at least 4 members (excludes halogenated alkanes) is 1. The van der Waals surface area contributed by atoms with Gasteiger partial charge in [-0.1, -0.05) is 45.0 Å². The smallest absolute Gasteiger partial charge is 0.302 e. The molecule has 0 bridgehead atoms. The largest absolute Gasteiger partial charge is 0.466 e. The van der Waals surface area contributed by atoms with Gasteiger partial charge in [-0.25, -0.2) is 0 Å². The highest BCUT2D eigenvalue weighted by atomic mass is 16.5. The lowest BCUT2D eigenvalue weighted by atomic mass is 9.86. The van der Waals surface area contributed by atoms with E-state index in [0.29, 0.717) is 6.61 Å². The Bertz CT molecular complexity index is 371. The molecule has 0 aliphatic carbocycles. The van der Waals surface area contributed by atoms with E-state index in [9.17, 15) is 4.79 Å². The molecule has 18 heavy (non-hydrogen) atoms. The molecule has 2 heteroatoms. The van der Waals surface area contributed by atoms with Crippen LogP contribution in [0.15, 0.2) is 24.3 Å². The van der Waals surface area contributed by atoms with E-state index >= 15 is 0 Å². The minimum Gasteiger partial charge on any atom is -0.466 e. The third-order valence-corrected chi connectivity index (χ3v) is 2.99.